The molecule has 0 unspecified atom stereocenters. The summed E-state index contributed by atoms with van der Waals surface area (Å²) in [4.78, 5) is 8.67. The monoisotopic (exact) mass is 428 g/mol. The van der Waals surface area contributed by atoms with Gasteiger partial charge in [0.15, 0.2) is 5.82 Å². The number of halogens is 4. The van der Waals surface area contributed by atoms with Crippen LogP contribution in [-0.4, -0.2) is 9.97 Å². The molecule has 0 aliphatic rings. The molecular weight excluding hydrogens is 422 g/mol. The van der Waals surface area contributed by atoms with Crippen molar-refractivity contribution in [3.63, 3.8) is 0 Å². The van der Waals surface area contributed by atoms with Crippen LogP contribution in [0.25, 0.3) is 22.3 Å². The molecule has 21 heavy (non-hydrogen) atoms. The molecule has 3 rings (SSSR count). The van der Waals surface area contributed by atoms with Gasteiger partial charge in [-0.25, -0.2) is 14.4 Å². The van der Waals surface area contributed by atoms with Gasteiger partial charge in [0.25, 0.3) is 0 Å². The van der Waals surface area contributed by atoms with E-state index in [9.17, 15) is 4.39 Å². The zero-order chi connectivity index (χ0) is 15.1. The molecule has 0 atom stereocenters. The van der Waals surface area contributed by atoms with Crippen LogP contribution in [0.3, 0.4) is 0 Å². The fourth-order valence-corrected chi connectivity index (χ4v) is 3.59. The highest BCUT2D eigenvalue weighted by Crippen LogP contribution is 2.33. The minimum Gasteiger partial charge on any atom is -0.227 e. The number of rotatable bonds is 1. The van der Waals surface area contributed by atoms with Gasteiger partial charge in [-0.3, -0.25) is 0 Å². The van der Waals surface area contributed by atoms with Crippen molar-refractivity contribution in [2.24, 2.45) is 0 Å². The first kappa shape index (κ1) is 14.9. The Kier molecular flexibility index (Phi) is 3.99. The number of hydrogen-bond acceptors (Lipinski definition) is 2. The van der Waals surface area contributed by atoms with Gasteiger partial charge in [0.2, 0.25) is 0 Å². The van der Waals surface area contributed by atoms with Gasteiger partial charge in [-0.2, -0.15) is 0 Å². The van der Waals surface area contributed by atoms with Crippen LogP contribution in [0.5, 0.6) is 0 Å². The molecule has 0 aliphatic carbocycles. The van der Waals surface area contributed by atoms with Gasteiger partial charge < -0.3 is 0 Å². The molecule has 106 valence electrons. The highest BCUT2D eigenvalue weighted by atomic mass is 79.9. The average molecular weight is 431 g/mol. The Balaban J connectivity index is 2.33. The van der Waals surface area contributed by atoms with Crippen LogP contribution < -0.4 is 0 Å². The van der Waals surface area contributed by atoms with E-state index in [-0.39, 0.29) is 16.8 Å². The highest BCUT2D eigenvalue weighted by molar-refractivity contribution is 9.11. The summed E-state index contributed by atoms with van der Waals surface area (Å²) < 4.78 is 15.6. The van der Waals surface area contributed by atoms with Crippen molar-refractivity contribution in [1.29, 1.82) is 0 Å². The lowest BCUT2D eigenvalue weighted by Crippen LogP contribution is -1.95. The molecule has 0 radical (unpaired) electrons. The van der Waals surface area contributed by atoms with Gasteiger partial charge in [-0.05, 0) is 47.1 Å². The van der Waals surface area contributed by atoms with Crippen molar-refractivity contribution in [3.8, 4) is 11.4 Å². The zero-order valence-electron chi connectivity index (χ0n) is 10.8. The summed E-state index contributed by atoms with van der Waals surface area (Å²) >= 11 is 13.1. The van der Waals surface area contributed by atoms with E-state index in [0.717, 1.165) is 14.5 Å². The lowest BCUT2D eigenvalue weighted by Gasteiger charge is -2.08. The lowest BCUT2D eigenvalue weighted by molar-refractivity contribution is 0.629. The molecule has 0 saturated carbocycles. The van der Waals surface area contributed by atoms with Crippen molar-refractivity contribution in [3.05, 3.63) is 55.8 Å². The Morgan fingerprint density at radius 2 is 1.86 bits per heavy atom. The second-order valence-corrected chi connectivity index (χ2v) is 6.73. The van der Waals surface area contributed by atoms with Gasteiger partial charge in [0, 0.05) is 14.3 Å². The smallest absolute Gasteiger partial charge is 0.164 e. The minimum absolute atomic E-state index is 0.275. The predicted octanol–water partition coefficient (Wildman–Crippen LogP) is 5.92. The molecule has 1 aromatic heterocycles. The van der Waals surface area contributed by atoms with Gasteiger partial charge in [-0.15, -0.1) is 0 Å². The second-order valence-electron chi connectivity index (χ2n) is 4.61. The number of benzene rings is 2. The summed E-state index contributed by atoms with van der Waals surface area (Å²) in [6, 6.07) is 8.51. The van der Waals surface area contributed by atoms with Crippen LogP contribution in [0.1, 0.15) is 5.56 Å². The molecular formula is C15H8Br2ClFN2. The Hall–Kier alpha value is -1.04. The zero-order valence-corrected chi connectivity index (χ0v) is 14.7. The van der Waals surface area contributed by atoms with Crippen molar-refractivity contribution in [1.82, 2.24) is 9.97 Å². The Morgan fingerprint density at radius 1 is 1.10 bits per heavy atom. The molecule has 0 fully saturated rings. The van der Waals surface area contributed by atoms with Gasteiger partial charge in [-0.1, -0.05) is 39.2 Å². The van der Waals surface area contributed by atoms with E-state index >= 15 is 0 Å². The molecule has 2 nitrogen and oxygen atoms in total. The number of nitrogens with zero attached hydrogens (tertiary/aromatic N) is 2. The van der Waals surface area contributed by atoms with Crippen LogP contribution in [0.2, 0.25) is 5.15 Å². The Morgan fingerprint density at radius 3 is 2.62 bits per heavy atom. The van der Waals surface area contributed by atoms with Crippen LogP contribution in [0, 0.1) is 12.7 Å². The van der Waals surface area contributed by atoms with Crippen molar-refractivity contribution >= 4 is 54.4 Å². The third kappa shape index (κ3) is 2.82. The lowest BCUT2D eigenvalue weighted by atomic mass is 10.1. The first-order valence-corrected chi connectivity index (χ1v) is 8.01. The summed E-state index contributed by atoms with van der Waals surface area (Å²) in [7, 11) is 0. The maximum Gasteiger partial charge on any atom is 0.164 e. The summed E-state index contributed by atoms with van der Waals surface area (Å²) in [5.41, 5.74) is 1.92. The normalized spacial score (nSPS) is 11.1. The first-order valence-electron chi connectivity index (χ1n) is 6.04. The molecule has 6 heteroatoms. The van der Waals surface area contributed by atoms with E-state index < -0.39 is 0 Å². The van der Waals surface area contributed by atoms with Gasteiger partial charge in [0.05, 0.1) is 11.1 Å². The largest absolute Gasteiger partial charge is 0.227 e. The van der Waals surface area contributed by atoms with Gasteiger partial charge >= 0.3 is 0 Å². The van der Waals surface area contributed by atoms with E-state index in [2.05, 4.69) is 41.8 Å². The molecule has 0 saturated heterocycles. The van der Waals surface area contributed by atoms with Crippen LogP contribution in [-0.2, 0) is 0 Å². The maximum absolute atomic E-state index is 14.0. The predicted molar refractivity (Wildman–Crippen MR) is 90.1 cm³/mol. The van der Waals surface area contributed by atoms with Crippen molar-refractivity contribution < 1.29 is 4.39 Å². The van der Waals surface area contributed by atoms with Crippen LogP contribution in [0.15, 0.2) is 39.3 Å². The third-order valence-electron chi connectivity index (χ3n) is 3.03. The van der Waals surface area contributed by atoms with E-state index in [1.165, 1.54) is 6.07 Å². The first-order chi connectivity index (χ1) is 9.95. The quantitative estimate of drug-likeness (QED) is 0.448. The topological polar surface area (TPSA) is 25.8 Å². The number of fused-ring (bicyclic) bond motifs is 1. The minimum atomic E-state index is -0.371. The highest BCUT2D eigenvalue weighted by Gasteiger charge is 2.14. The Labute approximate surface area is 142 Å². The molecule has 0 N–H and O–H groups in total. The fraction of sp³-hybridized carbons (Fsp3) is 0.0667. The van der Waals surface area contributed by atoms with Crippen LogP contribution >= 0.6 is 43.5 Å². The van der Waals surface area contributed by atoms with Crippen LogP contribution in [0.4, 0.5) is 4.39 Å². The summed E-state index contributed by atoms with van der Waals surface area (Å²) in [6.07, 6.45) is 0. The maximum atomic E-state index is 14.0. The molecule has 0 spiro atoms. The molecule has 0 aliphatic heterocycles. The summed E-state index contributed by atoms with van der Waals surface area (Å²) in [6.45, 7) is 1.89. The molecule has 0 bridgehead atoms. The summed E-state index contributed by atoms with van der Waals surface area (Å²) in [5.74, 6) is -0.0963. The molecule has 0 amide bonds. The average Bonchev–Trinajstić information content (AvgIpc) is 2.42. The van der Waals surface area contributed by atoms with E-state index in [1.807, 2.05) is 19.1 Å². The van der Waals surface area contributed by atoms with Gasteiger partial charge in [0.1, 0.15) is 11.0 Å². The second kappa shape index (κ2) is 5.63. The van der Waals surface area contributed by atoms with E-state index in [1.54, 1.807) is 12.1 Å². The number of hydrogen-bond donors (Lipinski definition) is 0. The molecule has 2 aromatic carbocycles. The summed E-state index contributed by atoms with van der Waals surface area (Å²) in [5, 5.41) is 0.993. The van der Waals surface area contributed by atoms with Crippen molar-refractivity contribution in [2.45, 2.75) is 6.92 Å². The van der Waals surface area contributed by atoms with E-state index in [0.29, 0.717) is 16.5 Å². The molecule has 3 aromatic rings. The van der Waals surface area contributed by atoms with Crippen molar-refractivity contribution in [2.75, 3.05) is 0 Å². The number of aryl methyl sites for hydroxylation is 1. The number of aromatic nitrogens is 2. The fourth-order valence-electron chi connectivity index (χ4n) is 2.05. The molecule has 1 heterocycles. The standard InChI is InChI=1S/C15H8Br2ClFN2/c1-7-2-3-12(19)9(4-7)15-20-13-10(14(18)21-15)5-8(16)6-11(13)17/h2-6H,1H3. The SMILES string of the molecule is Cc1ccc(F)c(-c2nc(Cl)c3cc(Br)cc(Br)c3n2)c1. The Bertz CT molecular complexity index is 868. The third-order valence-corrected chi connectivity index (χ3v) is 4.39. The van der Waals surface area contributed by atoms with E-state index in [4.69, 9.17) is 11.6 Å².